The van der Waals surface area contributed by atoms with Crippen LogP contribution in [0.2, 0.25) is 5.02 Å². The number of hydrogen-bond donors (Lipinski definition) is 2. The van der Waals surface area contributed by atoms with Crippen LogP contribution < -0.4 is 11.5 Å². The maximum absolute atomic E-state index is 5.76. The van der Waals surface area contributed by atoms with Gasteiger partial charge in [0.15, 0.2) is 0 Å². The van der Waals surface area contributed by atoms with Crippen molar-refractivity contribution in [2.75, 3.05) is 11.5 Å². The molecule has 0 saturated heterocycles. The molecule has 1 aromatic heterocycles. The highest BCUT2D eigenvalue weighted by molar-refractivity contribution is 6.30. The lowest BCUT2D eigenvalue weighted by Crippen LogP contribution is -2.02. The van der Waals surface area contributed by atoms with Gasteiger partial charge in [-0.25, -0.2) is 4.68 Å². The minimum absolute atomic E-state index is 0.437. The molecule has 72 valence electrons. The molecule has 5 heteroatoms. The summed E-state index contributed by atoms with van der Waals surface area (Å²) in [6, 6.07) is 7.19. The first-order chi connectivity index (χ1) is 6.68. The van der Waals surface area contributed by atoms with Crippen LogP contribution in [0.4, 0.5) is 11.5 Å². The van der Waals surface area contributed by atoms with Gasteiger partial charge in [-0.3, -0.25) is 0 Å². The molecule has 0 fully saturated rings. The minimum Gasteiger partial charge on any atom is -0.394 e. The van der Waals surface area contributed by atoms with Crippen molar-refractivity contribution in [1.82, 2.24) is 9.78 Å². The zero-order valence-corrected chi connectivity index (χ0v) is 8.07. The summed E-state index contributed by atoms with van der Waals surface area (Å²) in [7, 11) is 0. The maximum atomic E-state index is 5.76. The van der Waals surface area contributed by atoms with E-state index in [-0.39, 0.29) is 0 Å². The maximum Gasteiger partial charge on any atom is 0.150 e. The fraction of sp³-hybridized carbons (Fsp3) is 0. The van der Waals surface area contributed by atoms with Crippen LogP contribution >= 0.6 is 11.6 Å². The summed E-state index contributed by atoms with van der Waals surface area (Å²) in [5.74, 6) is 0.437. The Bertz CT molecular complexity index is 446. The Kier molecular flexibility index (Phi) is 2.05. The van der Waals surface area contributed by atoms with E-state index in [2.05, 4.69) is 5.10 Å². The van der Waals surface area contributed by atoms with E-state index in [1.165, 1.54) is 6.20 Å². The zero-order valence-electron chi connectivity index (χ0n) is 7.31. The van der Waals surface area contributed by atoms with Crippen molar-refractivity contribution in [3.8, 4) is 5.69 Å². The molecule has 2 rings (SSSR count). The van der Waals surface area contributed by atoms with Crippen LogP contribution in [0.5, 0.6) is 0 Å². The molecule has 4 nitrogen and oxygen atoms in total. The van der Waals surface area contributed by atoms with Crippen LogP contribution in [0, 0.1) is 0 Å². The van der Waals surface area contributed by atoms with Gasteiger partial charge in [-0.1, -0.05) is 11.6 Å². The third-order valence-electron chi connectivity index (χ3n) is 1.91. The molecular weight excluding hydrogens is 200 g/mol. The third-order valence-corrected chi connectivity index (χ3v) is 2.16. The first kappa shape index (κ1) is 8.90. The van der Waals surface area contributed by atoms with Crippen LogP contribution in [0.15, 0.2) is 30.5 Å². The van der Waals surface area contributed by atoms with Crippen LogP contribution in [0.1, 0.15) is 0 Å². The number of anilines is 2. The quantitative estimate of drug-likeness (QED) is 0.749. The standard InChI is InChI=1S/C9H9ClN4/c10-6-1-3-7(4-2-6)14-9(12)8(11)5-13-14/h1-5H,11-12H2. The predicted molar refractivity (Wildman–Crippen MR) is 57.4 cm³/mol. The zero-order chi connectivity index (χ0) is 10.1. The van der Waals surface area contributed by atoms with Gasteiger partial charge in [0, 0.05) is 5.02 Å². The lowest BCUT2D eigenvalue weighted by atomic mass is 10.3. The molecule has 0 saturated carbocycles. The van der Waals surface area contributed by atoms with Gasteiger partial charge in [0.2, 0.25) is 0 Å². The van der Waals surface area contributed by atoms with Crippen LogP contribution in [-0.2, 0) is 0 Å². The number of rotatable bonds is 1. The van der Waals surface area contributed by atoms with Crippen LogP contribution in [0.3, 0.4) is 0 Å². The number of benzene rings is 1. The second kappa shape index (κ2) is 3.23. The van der Waals surface area contributed by atoms with E-state index in [1.54, 1.807) is 16.8 Å². The smallest absolute Gasteiger partial charge is 0.150 e. The molecule has 0 amide bonds. The molecule has 1 heterocycles. The Labute approximate surface area is 86.1 Å². The van der Waals surface area contributed by atoms with Gasteiger partial charge in [0.25, 0.3) is 0 Å². The van der Waals surface area contributed by atoms with Gasteiger partial charge >= 0.3 is 0 Å². The molecule has 0 aliphatic heterocycles. The van der Waals surface area contributed by atoms with E-state index in [0.717, 1.165) is 5.69 Å². The molecule has 0 aliphatic carbocycles. The van der Waals surface area contributed by atoms with Crippen molar-refractivity contribution in [3.63, 3.8) is 0 Å². The largest absolute Gasteiger partial charge is 0.394 e. The molecule has 0 unspecified atom stereocenters. The van der Waals surface area contributed by atoms with Crippen molar-refractivity contribution in [2.24, 2.45) is 0 Å². The fourth-order valence-electron chi connectivity index (χ4n) is 1.16. The minimum atomic E-state index is 0.437. The lowest BCUT2D eigenvalue weighted by molar-refractivity contribution is 0.891. The molecule has 0 bridgehead atoms. The summed E-state index contributed by atoms with van der Waals surface area (Å²) in [5, 5.41) is 4.71. The summed E-state index contributed by atoms with van der Waals surface area (Å²) in [5.41, 5.74) is 12.6. The predicted octanol–water partition coefficient (Wildman–Crippen LogP) is 1.69. The highest BCUT2D eigenvalue weighted by Crippen LogP contribution is 2.19. The number of halogens is 1. The van der Waals surface area contributed by atoms with Gasteiger partial charge < -0.3 is 11.5 Å². The molecule has 2 aromatic rings. The fourth-order valence-corrected chi connectivity index (χ4v) is 1.28. The van der Waals surface area contributed by atoms with Gasteiger partial charge in [-0.05, 0) is 24.3 Å². The number of aromatic nitrogens is 2. The lowest BCUT2D eigenvalue weighted by Gasteiger charge is -2.03. The molecule has 0 atom stereocenters. The van der Waals surface area contributed by atoms with E-state index in [9.17, 15) is 0 Å². The van der Waals surface area contributed by atoms with E-state index in [1.807, 2.05) is 12.1 Å². The first-order valence-corrected chi connectivity index (χ1v) is 4.41. The Morgan fingerprint density at radius 3 is 2.29 bits per heavy atom. The number of hydrogen-bond acceptors (Lipinski definition) is 3. The van der Waals surface area contributed by atoms with E-state index >= 15 is 0 Å². The Hall–Kier alpha value is -1.68. The van der Waals surface area contributed by atoms with Crippen LogP contribution in [-0.4, -0.2) is 9.78 Å². The van der Waals surface area contributed by atoms with Crippen molar-refractivity contribution >= 4 is 23.1 Å². The Morgan fingerprint density at radius 2 is 1.79 bits per heavy atom. The third kappa shape index (κ3) is 1.40. The molecule has 0 radical (unpaired) electrons. The van der Waals surface area contributed by atoms with E-state index < -0.39 is 0 Å². The summed E-state index contributed by atoms with van der Waals surface area (Å²) in [6.07, 6.45) is 1.52. The first-order valence-electron chi connectivity index (χ1n) is 4.03. The van der Waals surface area contributed by atoms with Gasteiger partial charge in [-0.15, -0.1) is 0 Å². The van der Waals surface area contributed by atoms with E-state index in [4.69, 9.17) is 23.1 Å². The summed E-state index contributed by atoms with van der Waals surface area (Å²) in [6.45, 7) is 0. The molecule has 0 aliphatic rings. The van der Waals surface area contributed by atoms with Crippen molar-refractivity contribution in [3.05, 3.63) is 35.5 Å². The monoisotopic (exact) mass is 208 g/mol. The van der Waals surface area contributed by atoms with Crippen molar-refractivity contribution in [2.45, 2.75) is 0 Å². The molecule has 1 aromatic carbocycles. The number of nitrogen functional groups attached to an aromatic ring is 2. The van der Waals surface area contributed by atoms with Crippen molar-refractivity contribution in [1.29, 1.82) is 0 Å². The van der Waals surface area contributed by atoms with Gasteiger partial charge in [-0.2, -0.15) is 5.10 Å². The normalized spacial score (nSPS) is 10.4. The Balaban J connectivity index is 2.49. The SMILES string of the molecule is Nc1cnn(-c2ccc(Cl)cc2)c1N. The average Bonchev–Trinajstić information content (AvgIpc) is 2.50. The second-order valence-electron chi connectivity index (χ2n) is 2.87. The van der Waals surface area contributed by atoms with E-state index in [0.29, 0.717) is 16.5 Å². The summed E-state index contributed by atoms with van der Waals surface area (Å²) < 4.78 is 1.56. The summed E-state index contributed by atoms with van der Waals surface area (Å²) in [4.78, 5) is 0. The Morgan fingerprint density at radius 1 is 1.14 bits per heavy atom. The second-order valence-corrected chi connectivity index (χ2v) is 3.31. The molecule has 0 spiro atoms. The average molecular weight is 209 g/mol. The van der Waals surface area contributed by atoms with Gasteiger partial charge in [0.05, 0.1) is 17.6 Å². The number of nitrogens with two attached hydrogens (primary N) is 2. The molecule has 14 heavy (non-hydrogen) atoms. The van der Waals surface area contributed by atoms with Crippen LogP contribution in [0.25, 0.3) is 5.69 Å². The van der Waals surface area contributed by atoms with Crippen molar-refractivity contribution < 1.29 is 0 Å². The highest BCUT2D eigenvalue weighted by atomic mass is 35.5. The summed E-state index contributed by atoms with van der Waals surface area (Å²) >= 11 is 5.76. The molecular formula is C9H9ClN4. The van der Waals surface area contributed by atoms with Gasteiger partial charge in [0.1, 0.15) is 5.82 Å². The highest BCUT2D eigenvalue weighted by Gasteiger charge is 2.05. The molecule has 4 N–H and O–H groups in total. The topological polar surface area (TPSA) is 69.9 Å². The number of nitrogens with zero attached hydrogens (tertiary/aromatic N) is 2.